The molecule has 1 aliphatic carbocycles. The molecule has 4 heteroatoms. The predicted octanol–water partition coefficient (Wildman–Crippen LogP) is 2.02. The first kappa shape index (κ1) is 7.80. The third kappa shape index (κ3) is 1.37. The predicted molar refractivity (Wildman–Crippen MR) is 45.6 cm³/mol. The number of nitrogens with zero attached hydrogens (tertiary/aromatic N) is 2. The van der Waals surface area contributed by atoms with Crippen LogP contribution < -0.4 is 4.74 Å². The van der Waals surface area contributed by atoms with Gasteiger partial charge in [-0.25, -0.2) is 9.97 Å². The summed E-state index contributed by atoms with van der Waals surface area (Å²) in [7, 11) is 1.56. The van der Waals surface area contributed by atoms with Crippen molar-refractivity contribution in [1.82, 2.24) is 9.97 Å². The molecule has 0 aromatic carbocycles. The molecular weight excluding hydrogens is 176 g/mol. The highest BCUT2D eigenvalue weighted by Crippen LogP contribution is 2.38. The molecule has 0 saturated heterocycles. The lowest BCUT2D eigenvalue weighted by molar-refractivity contribution is 0.410. The van der Waals surface area contributed by atoms with Crippen molar-refractivity contribution in [1.29, 1.82) is 0 Å². The van der Waals surface area contributed by atoms with Gasteiger partial charge in [-0.2, -0.15) is 0 Å². The van der Waals surface area contributed by atoms with E-state index in [0.717, 1.165) is 5.82 Å². The first-order valence-electron chi connectivity index (χ1n) is 3.87. The summed E-state index contributed by atoms with van der Waals surface area (Å²) in [6.07, 6.45) is 3.99. The zero-order chi connectivity index (χ0) is 8.55. The maximum atomic E-state index is 5.83. The lowest BCUT2D eigenvalue weighted by Gasteiger charge is -2.02. The van der Waals surface area contributed by atoms with E-state index in [-0.39, 0.29) is 0 Å². The van der Waals surface area contributed by atoms with Gasteiger partial charge in [-0.1, -0.05) is 11.6 Å². The fourth-order valence-corrected chi connectivity index (χ4v) is 1.25. The van der Waals surface area contributed by atoms with E-state index >= 15 is 0 Å². The van der Waals surface area contributed by atoms with Gasteiger partial charge in [0.05, 0.1) is 13.3 Å². The fraction of sp³-hybridized carbons (Fsp3) is 0.500. The van der Waals surface area contributed by atoms with E-state index in [1.165, 1.54) is 12.8 Å². The zero-order valence-corrected chi connectivity index (χ0v) is 7.51. The highest BCUT2D eigenvalue weighted by atomic mass is 35.5. The Balaban J connectivity index is 2.30. The lowest BCUT2D eigenvalue weighted by atomic mass is 10.4. The molecule has 12 heavy (non-hydrogen) atoms. The standard InChI is InChI=1S/C8H9ClN2O/c1-12-6-4-10-8(5-2-3-5)11-7(6)9/h4-5H,2-3H2,1H3. The molecule has 0 spiro atoms. The van der Waals surface area contributed by atoms with Gasteiger partial charge >= 0.3 is 0 Å². The summed E-state index contributed by atoms with van der Waals surface area (Å²) >= 11 is 5.83. The quantitative estimate of drug-likeness (QED) is 0.660. The molecule has 3 nitrogen and oxygen atoms in total. The van der Waals surface area contributed by atoms with Crippen LogP contribution in [0.1, 0.15) is 24.6 Å². The molecule has 0 amide bonds. The third-order valence-electron chi connectivity index (χ3n) is 1.89. The number of methoxy groups -OCH3 is 1. The molecular formula is C8H9ClN2O. The molecule has 0 atom stereocenters. The minimum absolute atomic E-state index is 0.411. The summed E-state index contributed by atoms with van der Waals surface area (Å²) < 4.78 is 4.94. The van der Waals surface area contributed by atoms with Crippen LogP contribution >= 0.6 is 11.6 Å². The molecule has 1 aromatic rings. The van der Waals surface area contributed by atoms with Crippen molar-refractivity contribution in [3.05, 3.63) is 17.2 Å². The Morgan fingerprint density at radius 2 is 2.33 bits per heavy atom. The second kappa shape index (κ2) is 2.90. The number of ether oxygens (including phenoxy) is 1. The number of hydrogen-bond acceptors (Lipinski definition) is 3. The van der Waals surface area contributed by atoms with Crippen molar-refractivity contribution >= 4 is 11.6 Å². The van der Waals surface area contributed by atoms with E-state index in [9.17, 15) is 0 Å². The van der Waals surface area contributed by atoms with E-state index in [2.05, 4.69) is 9.97 Å². The number of halogens is 1. The van der Waals surface area contributed by atoms with Crippen molar-refractivity contribution in [2.75, 3.05) is 7.11 Å². The van der Waals surface area contributed by atoms with Gasteiger partial charge in [0.2, 0.25) is 0 Å². The van der Waals surface area contributed by atoms with Gasteiger partial charge in [0.25, 0.3) is 0 Å². The molecule has 64 valence electrons. The minimum atomic E-state index is 0.411. The molecule has 1 saturated carbocycles. The minimum Gasteiger partial charge on any atom is -0.492 e. The van der Waals surface area contributed by atoms with Gasteiger partial charge < -0.3 is 4.74 Å². The van der Waals surface area contributed by atoms with Crippen molar-refractivity contribution < 1.29 is 4.74 Å². The Hall–Kier alpha value is -0.830. The number of hydrogen-bond donors (Lipinski definition) is 0. The molecule has 0 radical (unpaired) electrons. The molecule has 1 aliphatic rings. The SMILES string of the molecule is COc1cnc(C2CC2)nc1Cl. The Morgan fingerprint density at radius 3 is 2.83 bits per heavy atom. The van der Waals surface area contributed by atoms with Crippen LogP contribution in [0.3, 0.4) is 0 Å². The molecule has 2 rings (SSSR count). The average Bonchev–Trinajstić information content (AvgIpc) is 2.86. The van der Waals surface area contributed by atoms with Crippen LogP contribution in [0.25, 0.3) is 0 Å². The summed E-state index contributed by atoms with van der Waals surface area (Å²) in [5.41, 5.74) is 0. The van der Waals surface area contributed by atoms with Crippen LogP contribution in [0.2, 0.25) is 5.15 Å². The van der Waals surface area contributed by atoms with Crippen LogP contribution in [-0.2, 0) is 0 Å². The van der Waals surface area contributed by atoms with Gasteiger partial charge in [0.15, 0.2) is 10.9 Å². The molecule has 1 aromatic heterocycles. The fourth-order valence-electron chi connectivity index (χ4n) is 1.04. The van der Waals surface area contributed by atoms with Gasteiger partial charge in [0, 0.05) is 5.92 Å². The average molecular weight is 185 g/mol. The molecule has 1 fully saturated rings. The smallest absolute Gasteiger partial charge is 0.174 e. The topological polar surface area (TPSA) is 35.0 Å². The molecule has 0 aliphatic heterocycles. The van der Waals surface area contributed by atoms with E-state index in [4.69, 9.17) is 16.3 Å². The van der Waals surface area contributed by atoms with Crippen molar-refractivity contribution in [2.45, 2.75) is 18.8 Å². The molecule has 0 unspecified atom stereocenters. The van der Waals surface area contributed by atoms with Crippen molar-refractivity contribution in [2.24, 2.45) is 0 Å². The first-order chi connectivity index (χ1) is 5.81. The van der Waals surface area contributed by atoms with Crippen LogP contribution in [0, 0.1) is 0 Å². The Morgan fingerprint density at radius 1 is 1.58 bits per heavy atom. The summed E-state index contributed by atoms with van der Waals surface area (Å²) in [5, 5.41) is 0.411. The van der Waals surface area contributed by atoms with Gasteiger partial charge in [-0.15, -0.1) is 0 Å². The second-order valence-electron chi connectivity index (χ2n) is 2.86. The highest BCUT2D eigenvalue weighted by Gasteiger charge is 2.27. The lowest BCUT2D eigenvalue weighted by Crippen LogP contribution is -1.95. The van der Waals surface area contributed by atoms with Gasteiger partial charge in [-0.05, 0) is 12.8 Å². The van der Waals surface area contributed by atoms with Gasteiger partial charge in [0.1, 0.15) is 5.82 Å². The maximum Gasteiger partial charge on any atom is 0.174 e. The monoisotopic (exact) mass is 184 g/mol. The van der Waals surface area contributed by atoms with E-state index in [1.807, 2.05) is 0 Å². The second-order valence-corrected chi connectivity index (χ2v) is 3.22. The number of aromatic nitrogens is 2. The Labute approximate surface area is 75.7 Å². The van der Waals surface area contributed by atoms with Crippen molar-refractivity contribution in [3.8, 4) is 5.75 Å². The van der Waals surface area contributed by atoms with Crippen LogP contribution in [-0.4, -0.2) is 17.1 Å². The molecule has 0 bridgehead atoms. The van der Waals surface area contributed by atoms with Crippen LogP contribution in [0.15, 0.2) is 6.20 Å². The zero-order valence-electron chi connectivity index (χ0n) is 6.75. The van der Waals surface area contributed by atoms with Crippen LogP contribution in [0.4, 0.5) is 0 Å². The van der Waals surface area contributed by atoms with Crippen LogP contribution in [0.5, 0.6) is 5.75 Å². The summed E-state index contributed by atoms with van der Waals surface area (Å²) in [6, 6.07) is 0. The normalized spacial score (nSPS) is 16.2. The Bertz CT molecular complexity index is 299. The Kier molecular flexibility index (Phi) is 1.89. The summed E-state index contributed by atoms with van der Waals surface area (Å²) in [5.74, 6) is 1.93. The molecule has 1 heterocycles. The number of rotatable bonds is 2. The maximum absolute atomic E-state index is 5.83. The van der Waals surface area contributed by atoms with E-state index in [0.29, 0.717) is 16.8 Å². The first-order valence-corrected chi connectivity index (χ1v) is 4.25. The highest BCUT2D eigenvalue weighted by molar-refractivity contribution is 6.30. The largest absolute Gasteiger partial charge is 0.492 e. The van der Waals surface area contributed by atoms with Gasteiger partial charge in [-0.3, -0.25) is 0 Å². The third-order valence-corrected chi connectivity index (χ3v) is 2.16. The van der Waals surface area contributed by atoms with Crippen molar-refractivity contribution in [3.63, 3.8) is 0 Å². The summed E-state index contributed by atoms with van der Waals surface area (Å²) in [6.45, 7) is 0. The summed E-state index contributed by atoms with van der Waals surface area (Å²) in [4.78, 5) is 8.29. The van der Waals surface area contributed by atoms with E-state index in [1.54, 1.807) is 13.3 Å². The molecule has 0 N–H and O–H groups in total. The van der Waals surface area contributed by atoms with E-state index < -0.39 is 0 Å².